The highest BCUT2D eigenvalue weighted by atomic mass is 32.2. The number of amides is 1. The predicted molar refractivity (Wildman–Crippen MR) is 71.9 cm³/mol. The summed E-state index contributed by atoms with van der Waals surface area (Å²) in [4.78, 5) is 11.4. The first-order valence-corrected chi connectivity index (χ1v) is 7.78. The first kappa shape index (κ1) is 17.1. The molecule has 18 heavy (non-hydrogen) atoms. The number of hydrogen-bond acceptors (Lipinski definition) is 3. The lowest BCUT2D eigenvalue weighted by Gasteiger charge is -2.17. The summed E-state index contributed by atoms with van der Waals surface area (Å²) >= 11 is 0. The number of hydrogen-bond donors (Lipinski definition) is 2. The van der Waals surface area contributed by atoms with Crippen molar-refractivity contribution < 1.29 is 17.8 Å². The number of nitrogens with one attached hydrogen (secondary N) is 1. The van der Waals surface area contributed by atoms with E-state index >= 15 is 0 Å². The molecule has 0 aliphatic heterocycles. The van der Waals surface area contributed by atoms with Crippen molar-refractivity contribution in [3.63, 3.8) is 0 Å². The Bertz CT molecular complexity index is 376. The van der Waals surface area contributed by atoms with Crippen molar-refractivity contribution in [3.05, 3.63) is 12.2 Å². The van der Waals surface area contributed by atoms with Crippen LogP contribution in [0.25, 0.3) is 0 Å². The van der Waals surface area contributed by atoms with E-state index < -0.39 is 21.9 Å². The second-order valence-electron chi connectivity index (χ2n) is 4.55. The van der Waals surface area contributed by atoms with Crippen molar-refractivity contribution in [2.45, 2.75) is 52.0 Å². The van der Waals surface area contributed by atoms with E-state index in [9.17, 15) is 13.2 Å². The molecule has 0 aliphatic rings. The first-order chi connectivity index (χ1) is 8.26. The maximum atomic E-state index is 11.4. The quantitative estimate of drug-likeness (QED) is 0.383. The van der Waals surface area contributed by atoms with Crippen molar-refractivity contribution in [1.29, 1.82) is 0 Å². The third-order valence-electron chi connectivity index (χ3n) is 2.54. The fraction of sp³-hybridized carbons (Fsp3) is 0.750. The van der Waals surface area contributed by atoms with Gasteiger partial charge in [-0.05, 0) is 13.3 Å². The number of carbonyl (C=O) groups is 1. The highest BCUT2D eigenvalue weighted by molar-refractivity contribution is 7.85. The molecule has 1 amide bonds. The summed E-state index contributed by atoms with van der Waals surface area (Å²) in [6.45, 7) is 7.12. The number of rotatable bonds is 9. The Morgan fingerprint density at radius 3 is 2.39 bits per heavy atom. The van der Waals surface area contributed by atoms with Gasteiger partial charge in [-0.3, -0.25) is 9.35 Å². The monoisotopic (exact) mass is 277 g/mol. The minimum atomic E-state index is -4.08. The van der Waals surface area contributed by atoms with Crippen LogP contribution in [-0.4, -0.2) is 30.7 Å². The Labute approximate surface area is 109 Å². The van der Waals surface area contributed by atoms with Crippen LogP contribution in [0.5, 0.6) is 0 Å². The molecule has 0 spiro atoms. The molecular formula is C12H23NO4S. The molecule has 106 valence electrons. The smallest absolute Gasteiger partial charge is 0.266 e. The lowest BCUT2D eigenvalue weighted by atomic mass is 10.1. The van der Waals surface area contributed by atoms with E-state index in [0.717, 1.165) is 25.7 Å². The molecule has 0 fully saturated rings. The average molecular weight is 277 g/mol. The molecular weight excluding hydrogens is 254 g/mol. The Hall–Kier alpha value is -0.880. The zero-order valence-corrected chi connectivity index (χ0v) is 11.9. The maximum absolute atomic E-state index is 11.4. The van der Waals surface area contributed by atoms with E-state index in [1.165, 1.54) is 0 Å². The number of carbonyl (C=O) groups excluding carboxylic acids is 1. The summed E-state index contributed by atoms with van der Waals surface area (Å²) in [5.41, 5.74) is 0.323. The molecule has 0 heterocycles. The van der Waals surface area contributed by atoms with Gasteiger partial charge in [0, 0.05) is 11.6 Å². The normalized spacial score (nSPS) is 13.1. The molecule has 1 unspecified atom stereocenters. The van der Waals surface area contributed by atoms with Crippen LogP contribution in [0, 0.1) is 0 Å². The lowest BCUT2D eigenvalue weighted by molar-refractivity contribution is -0.118. The van der Waals surface area contributed by atoms with E-state index in [4.69, 9.17) is 4.55 Å². The highest BCUT2D eigenvalue weighted by Crippen LogP contribution is 2.08. The van der Waals surface area contributed by atoms with Gasteiger partial charge >= 0.3 is 0 Å². The molecule has 0 aliphatic carbocycles. The average Bonchev–Trinajstić information content (AvgIpc) is 2.21. The summed E-state index contributed by atoms with van der Waals surface area (Å²) in [5, 5.41) is 2.57. The van der Waals surface area contributed by atoms with Crippen LogP contribution in [0.15, 0.2) is 12.2 Å². The molecule has 2 N–H and O–H groups in total. The Balaban J connectivity index is 4.34. The SMILES string of the molecule is C=C(C)C(=O)NC(CCCCCC)CS(=O)(=O)O. The van der Waals surface area contributed by atoms with E-state index in [0.29, 0.717) is 12.0 Å². The van der Waals surface area contributed by atoms with Crippen molar-refractivity contribution >= 4 is 16.0 Å². The minimum absolute atomic E-state index is 0.323. The van der Waals surface area contributed by atoms with Gasteiger partial charge in [0.15, 0.2) is 0 Å². The third kappa shape index (κ3) is 9.18. The van der Waals surface area contributed by atoms with Crippen LogP contribution in [0.1, 0.15) is 46.0 Å². The minimum Gasteiger partial charge on any atom is -0.348 e. The van der Waals surface area contributed by atoms with E-state index in [-0.39, 0.29) is 5.91 Å². The van der Waals surface area contributed by atoms with Crippen LogP contribution in [0.2, 0.25) is 0 Å². The van der Waals surface area contributed by atoms with Gasteiger partial charge in [0.25, 0.3) is 10.1 Å². The second kappa shape index (κ2) is 8.26. The third-order valence-corrected chi connectivity index (χ3v) is 3.36. The van der Waals surface area contributed by atoms with Crippen molar-refractivity contribution in [2.75, 3.05) is 5.75 Å². The van der Waals surface area contributed by atoms with Gasteiger partial charge in [0.1, 0.15) is 0 Å². The van der Waals surface area contributed by atoms with Crippen LogP contribution < -0.4 is 5.32 Å². The summed E-state index contributed by atoms with van der Waals surface area (Å²) in [6, 6.07) is -0.555. The molecule has 0 saturated carbocycles. The second-order valence-corrected chi connectivity index (χ2v) is 6.05. The van der Waals surface area contributed by atoms with Crippen molar-refractivity contribution in [2.24, 2.45) is 0 Å². The number of unbranched alkanes of at least 4 members (excludes halogenated alkanes) is 3. The molecule has 0 aromatic rings. The topological polar surface area (TPSA) is 83.5 Å². The van der Waals surface area contributed by atoms with Crippen LogP contribution in [0.3, 0.4) is 0 Å². The van der Waals surface area contributed by atoms with E-state index in [1.807, 2.05) is 0 Å². The van der Waals surface area contributed by atoms with Gasteiger partial charge in [-0.15, -0.1) is 0 Å². The van der Waals surface area contributed by atoms with Gasteiger partial charge < -0.3 is 5.32 Å². The zero-order chi connectivity index (χ0) is 14.2. The fourth-order valence-electron chi connectivity index (χ4n) is 1.58. The molecule has 0 rings (SSSR count). The zero-order valence-electron chi connectivity index (χ0n) is 11.1. The lowest BCUT2D eigenvalue weighted by Crippen LogP contribution is -2.40. The molecule has 0 aromatic heterocycles. The van der Waals surface area contributed by atoms with Gasteiger partial charge in [-0.1, -0.05) is 39.2 Å². The standard InChI is InChI=1S/C12H23NO4S/c1-4-5-6-7-8-11(9-18(15,16)17)13-12(14)10(2)3/h11H,2,4-9H2,1,3H3,(H,13,14)(H,15,16,17). The van der Waals surface area contributed by atoms with Crippen molar-refractivity contribution in [1.82, 2.24) is 5.32 Å². The van der Waals surface area contributed by atoms with Gasteiger partial charge in [0.05, 0.1) is 5.75 Å². The van der Waals surface area contributed by atoms with Crippen LogP contribution in [-0.2, 0) is 14.9 Å². The molecule has 0 aromatic carbocycles. The molecule has 0 radical (unpaired) electrons. The van der Waals surface area contributed by atoms with Gasteiger partial charge in [-0.25, -0.2) is 0 Å². The molecule has 5 nitrogen and oxygen atoms in total. The summed E-state index contributed by atoms with van der Waals surface area (Å²) in [5.74, 6) is -0.822. The molecule has 0 bridgehead atoms. The molecule has 6 heteroatoms. The fourth-order valence-corrected chi connectivity index (χ4v) is 2.34. The first-order valence-electron chi connectivity index (χ1n) is 6.17. The summed E-state index contributed by atoms with van der Waals surface area (Å²) in [7, 11) is -4.08. The Kier molecular flexibility index (Phi) is 7.86. The largest absolute Gasteiger partial charge is 0.348 e. The van der Waals surface area contributed by atoms with Crippen LogP contribution in [0.4, 0.5) is 0 Å². The summed E-state index contributed by atoms with van der Waals surface area (Å²) < 4.78 is 30.6. The Morgan fingerprint density at radius 2 is 1.94 bits per heavy atom. The van der Waals surface area contributed by atoms with Crippen LogP contribution >= 0.6 is 0 Å². The van der Waals surface area contributed by atoms with Gasteiger partial charge in [-0.2, -0.15) is 8.42 Å². The maximum Gasteiger partial charge on any atom is 0.266 e. The molecule has 0 saturated heterocycles. The van der Waals surface area contributed by atoms with Crippen molar-refractivity contribution in [3.8, 4) is 0 Å². The van der Waals surface area contributed by atoms with E-state index in [2.05, 4.69) is 18.8 Å². The van der Waals surface area contributed by atoms with Gasteiger partial charge in [0.2, 0.25) is 5.91 Å². The predicted octanol–water partition coefficient (Wildman–Crippen LogP) is 1.91. The highest BCUT2D eigenvalue weighted by Gasteiger charge is 2.18. The van der Waals surface area contributed by atoms with E-state index in [1.54, 1.807) is 6.92 Å². The Morgan fingerprint density at radius 1 is 1.33 bits per heavy atom. The summed E-state index contributed by atoms with van der Waals surface area (Å²) in [6.07, 6.45) is 4.51. The molecule has 1 atom stereocenters.